The maximum atomic E-state index is 6.23. The molecule has 1 unspecified atom stereocenters. The number of hydrogen-bond acceptors (Lipinski definition) is 4. The Balaban J connectivity index is 2.36. The van der Waals surface area contributed by atoms with Crippen LogP contribution in [0, 0.1) is 0 Å². The number of methoxy groups -OCH3 is 1. The van der Waals surface area contributed by atoms with Gasteiger partial charge in [0.15, 0.2) is 0 Å². The maximum absolute atomic E-state index is 6.23. The van der Waals surface area contributed by atoms with E-state index in [0.29, 0.717) is 4.34 Å². The molecule has 0 spiro atoms. The molecule has 0 bridgehead atoms. The zero-order chi connectivity index (χ0) is 13.1. The van der Waals surface area contributed by atoms with Gasteiger partial charge in [0, 0.05) is 15.8 Å². The third-order valence-corrected chi connectivity index (χ3v) is 5.01. The van der Waals surface area contributed by atoms with Crippen LogP contribution in [0.15, 0.2) is 17.5 Å². The van der Waals surface area contributed by atoms with Gasteiger partial charge in [-0.25, -0.2) is 0 Å². The van der Waals surface area contributed by atoms with Crippen molar-refractivity contribution in [2.24, 2.45) is 0 Å². The van der Waals surface area contributed by atoms with Crippen molar-refractivity contribution >= 4 is 45.9 Å². The second-order valence-electron chi connectivity index (χ2n) is 3.66. The van der Waals surface area contributed by atoms with Crippen molar-refractivity contribution in [1.82, 2.24) is 5.32 Å². The third kappa shape index (κ3) is 3.00. The van der Waals surface area contributed by atoms with E-state index in [4.69, 9.17) is 27.9 Å². The van der Waals surface area contributed by atoms with Crippen LogP contribution in [0.4, 0.5) is 0 Å². The van der Waals surface area contributed by atoms with Crippen LogP contribution in [0.5, 0.6) is 5.75 Å². The summed E-state index contributed by atoms with van der Waals surface area (Å²) in [6, 6.07) is 4.02. The fourth-order valence-electron chi connectivity index (χ4n) is 1.71. The highest BCUT2D eigenvalue weighted by atomic mass is 35.5. The topological polar surface area (TPSA) is 21.3 Å². The molecule has 0 fully saturated rings. The summed E-state index contributed by atoms with van der Waals surface area (Å²) in [5.41, 5.74) is 1.03. The first-order valence-electron chi connectivity index (χ1n) is 5.46. The summed E-state index contributed by atoms with van der Waals surface area (Å²) in [4.78, 5) is 1.17. The van der Waals surface area contributed by atoms with Crippen LogP contribution in [0.3, 0.4) is 0 Å². The molecule has 2 heterocycles. The number of halogens is 2. The van der Waals surface area contributed by atoms with Gasteiger partial charge in [0.25, 0.3) is 0 Å². The van der Waals surface area contributed by atoms with Gasteiger partial charge in [0.2, 0.25) is 0 Å². The maximum Gasteiger partial charge on any atom is 0.129 e. The van der Waals surface area contributed by atoms with Gasteiger partial charge >= 0.3 is 0 Å². The number of hydrogen-bond donors (Lipinski definition) is 1. The van der Waals surface area contributed by atoms with Crippen LogP contribution in [0.1, 0.15) is 23.4 Å². The van der Waals surface area contributed by atoms with Gasteiger partial charge in [-0.3, -0.25) is 0 Å². The summed E-state index contributed by atoms with van der Waals surface area (Å²) in [5.74, 6) is 0.871. The summed E-state index contributed by atoms with van der Waals surface area (Å²) >= 11 is 15.3. The quantitative estimate of drug-likeness (QED) is 0.852. The summed E-state index contributed by atoms with van der Waals surface area (Å²) in [5, 5.41) is 5.41. The summed E-state index contributed by atoms with van der Waals surface area (Å²) in [6.07, 6.45) is 0. The van der Waals surface area contributed by atoms with E-state index in [0.717, 1.165) is 22.2 Å². The molecule has 0 saturated carbocycles. The van der Waals surface area contributed by atoms with E-state index in [-0.39, 0.29) is 6.04 Å². The zero-order valence-corrected chi connectivity index (χ0v) is 13.1. The molecule has 6 heteroatoms. The van der Waals surface area contributed by atoms with Crippen molar-refractivity contribution < 1.29 is 4.74 Å². The minimum atomic E-state index is 0.0696. The van der Waals surface area contributed by atoms with Gasteiger partial charge < -0.3 is 10.1 Å². The van der Waals surface area contributed by atoms with Crippen molar-refractivity contribution in [3.63, 3.8) is 0 Å². The Morgan fingerprint density at radius 2 is 2.17 bits per heavy atom. The number of nitrogens with one attached hydrogen (secondary N) is 1. The van der Waals surface area contributed by atoms with Crippen LogP contribution in [-0.4, -0.2) is 13.7 Å². The Bertz CT molecular complexity index is 524. The predicted molar refractivity (Wildman–Crippen MR) is 80.7 cm³/mol. The highest BCUT2D eigenvalue weighted by molar-refractivity contribution is 7.20. The number of ether oxygens (including phenoxy) is 1. The van der Waals surface area contributed by atoms with Crippen molar-refractivity contribution in [3.05, 3.63) is 36.6 Å². The molecule has 2 aromatic rings. The Kier molecular flexibility index (Phi) is 4.92. The van der Waals surface area contributed by atoms with E-state index in [1.807, 2.05) is 17.5 Å². The van der Waals surface area contributed by atoms with E-state index in [1.54, 1.807) is 18.4 Å². The lowest BCUT2D eigenvalue weighted by molar-refractivity contribution is 0.416. The smallest absolute Gasteiger partial charge is 0.129 e. The van der Waals surface area contributed by atoms with E-state index in [2.05, 4.69) is 12.2 Å². The number of thiophene rings is 2. The molecule has 0 aliphatic carbocycles. The van der Waals surface area contributed by atoms with Gasteiger partial charge in [0.1, 0.15) is 5.75 Å². The highest BCUT2D eigenvalue weighted by Crippen LogP contribution is 2.39. The summed E-state index contributed by atoms with van der Waals surface area (Å²) < 4.78 is 6.66. The molecule has 0 amide bonds. The molecule has 0 aliphatic heterocycles. The molecular formula is C12H13Cl2NOS2. The number of rotatable bonds is 5. The van der Waals surface area contributed by atoms with Gasteiger partial charge in [-0.1, -0.05) is 30.1 Å². The van der Waals surface area contributed by atoms with Gasteiger partial charge in [-0.2, -0.15) is 0 Å². The minimum Gasteiger partial charge on any atom is -0.496 e. The Morgan fingerprint density at radius 1 is 1.39 bits per heavy atom. The van der Waals surface area contributed by atoms with Crippen LogP contribution >= 0.6 is 45.9 Å². The van der Waals surface area contributed by atoms with Crippen molar-refractivity contribution in [2.45, 2.75) is 13.0 Å². The molecular weight excluding hydrogens is 309 g/mol. The van der Waals surface area contributed by atoms with E-state index >= 15 is 0 Å². The third-order valence-electron chi connectivity index (χ3n) is 2.52. The van der Waals surface area contributed by atoms with Crippen LogP contribution in [0.2, 0.25) is 8.67 Å². The summed E-state index contributed by atoms with van der Waals surface area (Å²) in [6.45, 7) is 2.92. The molecule has 2 aromatic heterocycles. The lowest BCUT2D eigenvalue weighted by atomic mass is 10.1. The van der Waals surface area contributed by atoms with Crippen molar-refractivity contribution in [2.75, 3.05) is 13.7 Å². The molecule has 98 valence electrons. The first-order chi connectivity index (χ1) is 8.65. The second-order valence-corrected chi connectivity index (χ2v) is 6.89. The van der Waals surface area contributed by atoms with Crippen molar-refractivity contribution in [3.8, 4) is 5.75 Å². The molecule has 0 aliphatic rings. The zero-order valence-electron chi connectivity index (χ0n) is 10.00. The molecule has 0 aromatic carbocycles. The monoisotopic (exact) mass is 321 g/mol. The predicted octanol–water partition coefficient (Wildman–Crippen LogP) is 4.82. The van der Waals surface area contributed by atoms with Gasteiger partial charge in [0.05, 0.1) is 21.8 Å². The first-order valence-corrected chi connectivity index (χ1v) is 7.91. The van der Waals surface area contributed by atoms with Gasteiger partial charge in [-0.15, -0.1) is 22.7 Å². The average Bonchev–Trinajstić information content (AvgIpc) is 2.93. The van der Waals surface area contributed by atoms with Crippen molar-refractivity contribution in [1.29, 1.82) is 0 Å². The molecule has 18 heavy (non-hydrogen) atoms. The highest BCUT2D eigenvalue weighted by Gasteiger charge is 2.20. The molecule has 0 radical (unpaired) electrons. The Hall–Kier alpha value is -0.260. The SMILES string of the molecule is CCNC(c1cc(OC)cs1)c1cc(Cl)sc1Cl. The van der Waals surface area contributed by atoms with Gasteiger partial charge in [-0.05, 0) is 18.7 Å². The van der Waals surface area contributed by atoms with Crippen LogP contribution in [0.25, 0.3) is 0 Å². The fourth-order valence-corrected chi connectivity index (χ4v) is 4.19. The molecule has 1 atom stereocenters. The second kappa shape index (κ2) is 6.26. The van der Waals surface area contributed by atoms with E-state index in [9.17, 15) is 0 Å². The first kappa shape index (κ1) is 14.2. The largest absolute Gasteiger partial charge is 0.496 e. The lowest BCUT2D eigenvalue weighted by Gasteiger charge is -2.15. The Labute approximate surface area is 124 Å². The molecule has 2 nitrogen and oxygen atoms in total. The Morgan fingerprint density at radius 3 is 2.67 bits per heavy atom. The van der Waals surface area contributed by atoms with Crippen LogP contribution in [-0.2, 0) is 0 Å². The summed E-state index contributed by atoms with van der Waals surface area (Å²) in [7, 11) is 1.67. The molecule has 0 saturated heterocycles. The minimum absolute atomic E-state index is 0.0696. The molecule has 1 N–H and O–H groups in total. The fraction of sp³-hybridized carbons (Fsp3) is 0.333. The normalized spacial score (nSPS) is 12.7. The van der Waals surface area contributed by atoms with E-state index in [1.165, 1.54) is 16.2 Å². The van der Waals surface area contributed by atoms with E-state index < -0.39 is 0 Å². The standard InChI is InChI=1S/C12H13Cl2NOS2/c1-3-15-11(8-5-10(13)18-12(8)14)9-4-7(16-2)6-17-9/h4-6,11,15H,3H2,1-2H3. The lowest BCUT2D eigenvalue weighted by Crippen LogP contribution is -2.20. The molecule has 2 rings (SSSR count). The average molecular weight is 322 g/mol. The van der Waals surface area contributed by atoms with Crippen LogP contribution < -0.4 is 10.1 Å².